The first kappa shape index (κ1) is 15.5. The van der Waals surface area contributed by atoms with E-state index in [-0.39, 0.29) is 1.43 Å². The average molecular weight is 197 g/mol. The molecule has 0 heterocycles. The SMILES string of the molecule is CC.CC.Cc1cc(C)c(N)c(C)c1.[HH]. The van der Waals surface area contributed by atoms with Gasteiger partial charge in [0.1, 0.15) is 0 Å². The standard InChI is InChI=1S/C9H13N.2C2H6.H2/c1-6-4-7(2)9(10)8(3)5-6;2*1-2;/h4-5H,10H2,1-3H3;2*1-2H3;1H. The monoisotopic (exact) mass is 197 g/mol. The number of nitrogen functional groups attached to an aromatic ring is 1. The van der Waals surface area contributed by atoms with Gasteiger partial charge in [0.05, 0.1) is 0 Å². The van der Waals surface area contributed by atoms with Gasteiger partial charge in [-0.1, -0.05) is 45.4 Å². The van der Waals surface area contributed by atoms with Crippen LogP contribution in [-0.2, 0) is 0 Å². The number of aryl methyl sites for hydroxylation is 3. The smallest absolute Gasteiger partial charge is 0.0373 e. The maximum Gasteiger partial charge on any atom is 0.0373 e. The first-order chi connectivity index (χ1) is 6.61. The molecule has 0 atom stereocenters. The van der Waals surface area contributed by atoms with Gasteiger partial charge in [-0.3, -0.25) is 0 Å². The molecule has 0 aliphatic rings. The molecule has 1 heteroatoms. The van der Waals surface area contributed by atoms with Crippen molar-refractivity contribution < 1.29 is 1.43 Å². The summed E-state index contributed by atoms with van der Waals surface area (Å²) in [7, 11) is 0. The number of nitrogens with two attached hydrogens (primary N) is 1. The number of hydrogen-bond donors (Lipinski definition) is 1. The highest BCUT2D eigenvalue weighted by atomic mass is 14.6. The van der Waals surface area contributed by atoms with E-state index in [1.165, 1.54) is 16.7 Å². The van der Waals surface area contributed by atoms with E-state index in [4.69, 9.17) is 5.73 Å². The highest BCUT2D eigenvalue weighted by Crippen LogP contribution is 2.17. The topological polar surface area (TPSA) is 26.0 Å². The summed E-state index contributed by atoms with van der Waals surface area (Å²) in [6.07, 6.45) is 0. The Balaban J connectivity index is -0.000000258. The van der Waals surface area contributed by atoms with Crippen LogP contribution < -0.4 is 5.73 Å². The van der Waals surface area contributed by atoms with Crippen LogP contribution in [-0.4, -0.2) is 0 Å². The van der Waals surface area contributed by atoms with Gasteiger partial charge >= 0.3 is 0 Å². The predicted molar refractivity (Wildman–Crippen MR) is 69.9 cm³/mol. The third-order valence-electron chi connectivity index (χ3n) is 1.74. The van der Waals surface area contributed by atoms with E-state index in [0.29, 0.717) is 0 Å². The fourth-order valence-corrected chi connectivity index (χ4v) is 1.19. The van der Waals surface area contributed by atoms with Crippen molar-refractivity contribution in [1.29, 1.82) is 0 Å². The van der Waals surface area contributed by atoms with Crippen molar-refractivity contribution in [3.05, 3.63) is 28.8 Å². The van der Waals surface area contributed by atoms with Crippen LogP contribution in [0.4, 0.5) is 5.69 Å². The molecule has 0 aliphatic heterocycles. The molecule has 1 nitrogen and oxygen atoms in total. The molecule has 0 amide bonds. The van der Waals surface area contributed by atoms with Crippen molar-refractivity contribution in [1.82, 2.24) is 0 Å². The summed E-state index contributed by atoms with van der Waals surface area (Å²) < 4.78 is 0. The quantitative estimate of drug-likeness (QED) is 0.609. The lowest BCUT2D eigenvalue weighted by Gasteiger charge is -2.04. The Morgan fingerprint density at radius 1 is 0.857 bits per heavy atom. The normalized spacial score (nSPS) is 7.93. The molecule has 1 aromatic rings. The zero-order chi connectivity index (χ0) is 11.7. The van der Waals surface area contributed by atoms with Crippen LogP contribution in [0.25, 0.3) is 0 Å². The van der Waals surface area contributed by atoms with Gasteiger partial charge in [0.2, 0.25) is 0 Å². The summed E-state index contributed by atoms with van der Waals surface area (Å²) in [5.41, 5.74) is 10.3. The van der Waals surface area contributed by atoms with Crippen LogP contribution in [0.2, 0.25) is 0 Å². The molecule has 84 valence electrons. The molecule has 1 rings (SSSR count). The third-order valence-corrected chi connectivity index (χ3v) is 1.74. The Morgan fingerprint density at radius 2 is 1.14 bits per heavy atom. The number of benzene rings is 1. The Hall–Kier alpha value is -0.980. The molecule has 0 spiro atoms. The van der Waals surface area contributed by atoms with E-state index in [9.17, 15) is 0 Å². The lowest BCUT2D eigenvalue weighted by Crippen LogP contribution is -1.93. The summed E-state index contributed by atoms with van der Waals surface area (Å²) in [6.45, 7) is 14.2. The molecule has 14 heavy (non-hydrogen) atoms. The minimum absolute atomic E-state index is 0. The Kier molecular flexibility index (Phi) is 9.53. The fraction of sp³-hybridized carbons (Fsp3) is 0.538. The van der Waals surface area contributed by atoms with Crippen molar-refractivity contribution >= 4 is 5.69 Å². The molecule has 0 bridgehead atoms. The van der Waals surface area contributed by atoms with Crippen molar-refractivity contribution in [3.63, 3.8) is 0 Å². The van der Waals surface area contributed by atoms with E-state index in [2.05, 4.69) is 19.1 Å². The third kappa shape index (κ3) is 4.90. The lowest BCUT2D eigenvalue weighted by molar-refractivity contribution is 1.33. The molecule has 0 unspecified atom stereocenters. The molecule has 0 fully saturated rings. The molecular weight excluding hydrogens is 170 g/mol. The molecule has 2 N–H and O–H groups in total. The van der Waals surface area contributed by atoms with Gasteiger partial charge < -0.3 is 5.73 Å². The predicted octanol–water partition coefficient (Wildman–Crippen LogP) is 4.49. The Morgan fingerprint density at radius 3 is 1.43 bits per heavy atom. The molecule has 0 saturated carbocycles. The summed E-state index contributed by atoms with van der Waals surface area (Å²) in [5.74, 6) is 0. The first-order valence-corrected chi connectivity index (χ1v) is 5.44. The van der Waals surface area contributed by atoms with E-state index in [1.54, 1.807) is 0 Å². The van der Waals surface area contributed by atoms with Crippen LogP contribution in [0.1, 0.15) is 45.8 Å². The minimum Gasteiger partial charge on any atom is -0.398 e. The van der Waals surface area contributed by atoms with E-state index in [0.717, 1.165) is 5.69 Å². The number of rotatable bonds is 0. The summed E-state index contributed by atoms with van der Waals surface area (Å²) in [6, 6.07) is 4.20. The summed E-state index contributed by atoms with van der Waals surface area (Å²) in [4.78, 5) is 0. The fourth-order valence-electron chi connectivity index (χ4n) is 1.19. The van der Waals surface area contributed by atoms with E-state index >= 15 is 0 Å². The van der Waals surface area contributed by atoms with Crippen LogP contribution in [0.3, 0.4) is 0 Å². The summed E-state index contributed by atoms with van der Waals surface area (Å²) in [5, 5.41) is 0. The number of anilines is 1. The van der Waals surface area contributed by atoms with Gasteiger partial charge in [-0.25, -0.2) is 0 Å². The zero-order valence-corrected chi connectivity index (χ0v) is 10.7. The van der Waals surface area contributed by atoms with Gasteiger partial charge in [-0.15, -0.1) is 0 Å². The summed E-state index contributed by atoms with van der Waals surface area (Å²) >= 11 is 0. The second-order valence-corrected chi connectivity index (χ2v) is 2.81. The molecule has 0 saturated heterocycles. The minimum atomic E-state index is 0. The van der Waals surface area contributed by atoms with Gasteiger partial charge in [-0.2, -0.15) is 0 Å². The van der Waals surface area contributed by atoms with Gasteiger partial charge in [0, 0.05) is 7.11 Å². The lowest BCUT2D eigenvalue weighted by atomic mass is 10.1. The first-order valence-electron chi connectivity index (χ1n) is 5.44. The van der Waals surface area contributed by atoms with Crippen LogP contribution in [0, 0.1) is 20.8 Å². The van der Waals surface area contributed by atoms with Crippen molar-refractivity contribution in [2.24, 2.45) is 0 Å². The highest BCUT2D eigenvalue weighted by Gasteiger charge is 1.96. The maximum atomic E-state index is 5.75. The molecule has 0 radical (unpaired) electrons. The molecule has 0 aliphatic carbocycles. The van der Waals surface area contributed by atoms with Crippen molar-refractivity contribution in [2.75, 3.05) is 5.73 Å². The second kappa shape index (κ2) is 8.61. The molecular formula is C13H27N. The van der Waals surface area contributed by atoms with E-state index in [1.807, 2.05) is 41.5 Å². The van der Waals surface area contributed by atoms with Crippen LogP contribution in [0.15, 0.2) is 12.1 Å². The Labute approximate surface area is 90.8 Å². The van der Waals surface area contributed by atoms with Gasteiger partial charge in [0.15, 0.2) is 0 Å². The Bertz CT molecular complexity index is 234. The van der Waals surface area contributed by atoms with Gasteiger partial charge in [0.25, 0.3) is 0 Å². The van der Waals surface area contributed by atoms with Crippen molar-refractivity contribution in [3.8, 4) is 0 Å². The average Bonchev–Trinajstić information content (AvgIpc) is 2.20. The zero-order valence-electron chi connectivity index (χ0n) is 10.7. The van der Waals surface area contributed by atoms with E-state index < -0.39 is 0 Å². The van der Waals surface area contributed by atoms with Crippen LogP contribution in [0.5, 0.6) is 0 Å². The van der Waals surface area contributed by atoms with Crippen molar-refractivity contribution in [2.45, 2.75) is 48.5 Å². The largest absolute Gasteiger partial charge is 0.398 e. The van der Waals surface area contributed by atoms with Crippen LogP contribution >= 0.6 is 0 Å². The molecule has 0 aromatic heterocycles. The molecule has 1 aromatic carbocycles. The highest BCUT2D eigenvalue weighted by molar-refractivity contribution is 5.54. The van der Waals surface area contributed by atoms with Gasteiger partial charge in [-0.05, 0) is 31.9 Å². The number of hydrogen-bond acceptors (Lipinski definition) is 1. The second-order valence-electron chi connectivity index (χ2n) is 2.81. The maximum absolute atomic E-state index is 5.75.